The second kappa shape index (κ2) is 6.31. The smallest absolute Gasteiger partial charge is 0.0967 e. The van der Waals surface area contributed by atoms with E-state index in [1.807, 2.05) is 26.5 Å². The molecular weight excluding hydrogens is 268 g/mol. The van der Waals surface area contributed by atoms with Crippen LogP contribution in [0.4, 0.5) is 0 Å². The molecule has 1 aliphatic heterocycles. The van der Waals surface area contributed by atoms with Crippen molar-refractivity contribution >= 4 is 0 Å². The van der Waals surface area contributed by atoms with Crippen LogP contribution in [0.2, 0.25) is 0 Å². The van der Waals surface area contributed by atoms with Crippen molar-refractivity contribution in [3.8, 4) is 0 Å². The molecule has 3 heterocycles. The SMILES string of the molecule is Cn1cc(CN(Cc2cn(C)nn2)C2CCNCC2)nn1. The molecule has 3 rings (SSSR count). The van der Waals surface area contributed by atoms with Crippen LogP contribution in [-0.4, -0.2) is 54.0 Å². The van der Waals surface area contributed by atoms with Gasteiger partial charge in [0.1, 0.15) is 0 Å². The van der Waals surface area contributed by atoms with Crippen LogP contribution in [0.25, 0.3) is 0 Å². The van der Waals surface area contributed by atoms with Gasteiger partial charge in [-0.2, -0.15) is 0 Å². The lowest BCUT2D eigenvalue weighted by Crippen LogP contribution is -2.42. The number of hydrogen-bond donors (Lipinski definition) is 1. The summed E-state index contributed by atoms with van der Waals surface area (Å²) >= 11 is 0. The zero-order valence-electron chi connectivity index (χ0n) is 12.6. The van der Waals surface area contributed by atoms with Crippen molar-refractivity contribution in [2.45, 2.75) is 32.0 Å². The summed E-state index contributed by atoms with van der Waals surface area (Å²) in [4.78, 5) is 2.44. The van der Waals surface area contributed by atoms with Crippen LogP contribution in [0, 0.1) is 0 Å². The lowest BCUT2D eigenvalue weighted by Gasteiger charge is -2.33. The average Bonchev–Trinajstić information content (AvgIpc) is 3.08. The second-order valence-electron chi connectivity index (χ2n) is 5.65. The summed E-state index contributed by atoms with van der Waals surface area (Å²) in [5.41, 5.74) is 2.00. The Morgan fingerprint density at radius 2 is 1.57 bits per heavy atom. The molecule has 1 aliphatic rings. The van der Waals surface area contributed by atoms with E-state index in [1.54, 1.807) is 9.36 Å². The summed E-state index contributed by atoms with van der Waals surface area (Å²) in [5, 5.41) is 19.9. The van der Waals surface area contributed by atoms with E-state index < -0.39 is 0 Å². The lowest BCUT2D eigenvalue weighted by molar-refractivity contribution is 0.142. The van der Waals surface area contributed by atoms with Crippen molar-refractivity contribution in [1.82, 2.24) is 40.2 Å². The van der Waals surface area contributed by atoms with E-state index in [-0.39, 0.29) is 0 Å². The normalized spacial score (nSPS) is 16.7. The van der Waals surface area contributed by atoms with Crippen LogP contribution in [0.3, 0.4) is 0 Å². The summed E-state index contributed by atoms with van der Waals surface area (Å²) in [6.45, 7) is 3.74. The molecule has 0 aromatic carbocycles. The number of aromatic nitrogens is 6. The predicted molar refractivity (Wildman–Crippen MR) is 77.1 cm³/mol. The molecule has 0 atom stereocenters. The Balaban J connectivity index is 1.72. The maximum Gasteiger partial charge on any atom is 0.0967 e. The highest BCUT2D eigenvalue weighted by Crippen LogP contribution is 2.17. The standard InChI is InChI=1S/C13H22N8/c1-19-7-11(15-17-19)9-21(13-3-5-14-6-4-13)10-12-8-20(2)18-16-12/h7-8,13-14H,3-6,9-10H2,1-2H3. The Morgan fingerprint density at radius 3 is 2.00 bits per heavy atom. The molecule has 0 unspecified atom stereocenters. The fourth-order valence-corrected chi connectivity index (χ4v) is 2.84. The molecule has 0 aliphatic carbocycles. The van der Waals surface area contributed by atoms with Crippen LogP contribution in [0.15, 0.2) is 12.4 Å². The van der Waals surface area contributed by atoms with Gasteiger partial charge < -0.3 is 5.32 Å². The molecule has 0 bridgehead atoms. The Hall–Kier alpha value is -1.80. The van der Waals surface area contributed by atoms with E-state index >= 15 is 0 Å². The molecule has 1 N–H and O–H groups in total. The molecule has 0 saturated carbocycles. The zero-order chi connectivity index (χ0) is 14.7. The molecule has 0 amide bonds. The average molecular weight is 290 g/mol. The molecule has 1 saturated heterocycles. The third-order valence-corrected chi connectivity index (χ3v) is 3.86. The largest absolute Gasteiger partial charge is 0.317 e. The molecule has 0 radical (unpaired) electrons. The number of piperidine rings is 1. The minimum atomic E-state index is 0.551. The van der Waals surface area contributed by atoms with Crippen LogP contribution in [0.1, 0.15) is 24.2 Å². The van der Waals surface area contributed by atoms with Crippen molar-refractivity contribution in [3.05, 3.63) is 23.8 Å². The summed E-state index contributed by atoms with van der Waals surface area (Å²) in [7, 11) is 3.79. The predicted octanol–water partition coefficient (Wildman–Crippen LogP) is -0.302. The van der Waals surface area contributed by atoms with Crippen LogP contribution in [0.5, 0.6) is 0 Å². The Labute approximate surface area is 124 Å². The van der Waals surface area contributed by atoms with Crippen LogP contribution >= 0.6 is 0 Å². The summed E-state index contributed by atoms with van der Waals surface area (Å²) in [5.74, 6) is 0. The molecular formula is C13H22N8. The third-order valence-electron chi connectivity index (χ3n) is 3.86. The maximum atomic E-state index is 4.21. The van der Waals surface area contributed by atoms with E-state index in [4.69, 9.17) is 0 Å². The highest BCUT2D eigenvalue weighted by atomic mass is 15.4. The van der Waals surface area contributed by atoms with Gasteiger partial charge in [-0.25, -0.2) is 0 Å². The Kier molecular flexibility index (Phi) is 4.26. The highest BCUT2D eigenvalue weighted by molar-refractivity contribution is 4.98. The second-order valence-corrected chi connectivity index (χ2v) is 5.65. The Morgan fingerprint density at radius 1 is 1.05 bits per heavy atom. The molecule has 1 fully saturated rings. The topological polar surface area (TPSA) is 76.7 Å². The van der Waals surface area contributed by atoms with Crippen molar-refractivity contribution < 1.29 is 0 Å². The van der Waals surface area contributed by atoms with E-state index in [2.05, 4.69) is 30.8 Å². The number of nitrogens with one attached hydrogen (secondary N) is 1. The fourth-order valence-electron chi connectivity index (χ4n) is 2.84. The Bertz CT molecular complexity index is 526. The van der Waals surface area contributed by atoms with Gasteiger partial charge in [0, 0.05) is 45.6 Å². The van der Waals surface area contributed by atoms with E-state index in [9.17, 15) is 0 Å². The molecule has 2 aromatic rings. The highest BCUT2D eigenvalue weighted by Gasteiger charge is 2.23. The van der Waals surface area contributed by atoms with E-state index in [0.717, 1.165) is 50.4 Å². The zero-order valence-corrected chi connectivity index (χ0v) is 12.6. The van der Waals surface area contributed by atoms with Crippen molar-refractivity contribution in [2.24, 2.45) is 14.1 Å². The first-order valence-corrected chi connectivity index (χ1v) is 7.36. The van der Waals surface area contributed by atoms with Gasteiger partial charge in [-0.15, -0.1) is 10.2 Å². The maximum absolute atomic E-state index is 4.21. The lowest BCUT2D eigenvalue weighted by atomic mass is 10.0. The summed E-state index contributed by atoms with van der Waals surface area (Å²) in [6.07, 6.45) is 6.26. The van der Waals surface area contributed by atoms with Crippen molar-refractivity contribution in [3.63, 3.8) is 0 Å². The summed E-state index contributed by atoms with van der Waals surface area (Å²) in [6, 6.07) is 0.551. The summed E-state index contributed by atoms with van der Waals surface area (Å²) < 4.78 is 3.50. The fraction of sp³-hybridized carbons (Fsp3) is 0.692. The number of rotatable bonds is 5. The molecule has 8 nitrogen and oxygen atoms in total. The molecule has 8 heteroatoms. The molecule has 0 spiro atoms. The van der Waals surface area contributed by atoms with E-state index in [0.29, 0.717) is 6.04 Å². The number of nitrogens with zero attached hydrogens (tertiary/aromatic N) is 7. The monoisotopic (exact) mass is 290 g/mol. The third kappa shape index (κ3) is 3.64. The van der Waals surface area contributed by atoms with Gasteiger partial charge in [-0.05, 0) is 25.9 Å². The van der Waals surface area contributed by atoms with Gasteiger partial charge in [-0.3, -0.25) is 14.3 Å². The first kappa shape index (κ1) is 14.2. The van der Waals surface area contributed by atoms with Gasteiger partial charge in [0.15, 0.2) is 0 Å². The van der Waals surface area contributed by atoms with Crippen LogP contribution in [-0.2, 0) is 27.2 Å². The molecule has 21 heavy (non-hydrogen) atoms. The van der Waals surface area contributed by atoms with Crippen molar-refractivity contribution in [2.75, 3.05) is 13.1 Å². The van der Waals surface area contributed by atoms with Gasteiger partial charge in [0.05, 0.1) is 11.4 Å². The van der Waals surface area contributed by atoms with Crippen LogP contribution < -0.4 is 5.32 Å². The first-order valence-electron chi connectivity index (χ1n) is 7.36. The first-order chi connectivity index (χ1) is 10.2. The van der Waals surface area contributed by atoms with Gasteiger partial charge in [0.2, 0.25) is 0 Å². The van der Waals surface area contributed by atoms with Crippen molar-refractivity contribution in [1.29, 1.82) is 0 Å². The number of hydrogen-bond acceptors (Lipinski definition) is 6. The van der Waals surface area contributed by atoms with E-state index in [1.165, 1.54) is 0 Å². The number of aryl methyl sites for hydroxylation is 2. The quantitative estimate of drug-likeness (QED) is 0.814. The van der Waals surface area contributed by atoms with Gasteiger partial charge in [-0.1, -0.05) is 10.4 Å². The van der Waals surface area contributed by atoms with Gasteiger partial charge >= 0.3 is 0 Å². The minimum Gasteiger partial charge on any atom is -0.317 e. The van der Waals surface area contributed by atoms with Gasteiger partial charge in [0.25, 0.3) is 0 Å². The molecule has 2 aromatic heterocycles. The molecule has 114 valence electrons. The minimum absolute atomic E-state index is 0.551.